The predicted octanol–water partition coefficient (Wildman–Crippen LogP) is 4.38. The maximum absolute atomic E-state index is 12.7. The van der Waals surface area contributed by atoms with Crippen molar-refractivity contribution in [1.82, 2.24) is 5.43 Å². The molecule has 0 saturated carbocycles. The molecule has 0 atom stereocenters. The van der Waals surface area contributed by atoms with E-state index in [0.29, 0.717) is 39.1 Å². The van der Waals surface area contributed by atoms with E-state index in [2.05, 4.69) is 15.8 Å². The van der Waals surface area contributed by atoms with E-state index >= 15 is 0 Å². The van der Waals surface area contributed by atoms with Gasteiger partial charge in [-0.3, -0.25) is 9.59 Å². The first-order valence-electron chi connectivity index (χ1n) is 9.75. The lowest BCUT2D eigenvalue weighted by atomic mass is 10.1. The molecular weight excluding hydrogens is 446 g/mol. The highest BCUT2D eigenvalue weighted by molar-refractivity contribution is 6.30. The van der Waals surface area contributed by atoms with E-state index in [-0.39, 0.29) is 11.8 Å². The van der Waals surface area contributed by atoms with Crippen LogP contribution in [-0.4, -0.2) is 39.4 Å². The van der Waals surface area contributed by atoms with Crippen molar-refractivity contribution in [3.63, 3.8) is 0 Å². The van der Waals surface area contributed by atoms with Gasteiger partial charge in [0.2, 0.25) is 5.75 Å². The van der Waals surface area contributed by atoms with Gasteiger partial charge in [-0.1, -0.05) is 23.7 Å². The molecule has 0 unspecified atom stereocenters. The highest BCUT2D eigenvalue weighted by Crippen LogP contribution is 2.38. The van der Waals surface area contributed by atoms with Crippen molar-refractivity contribution in [1.29, 1.82) is 0 Å². The van der Waals surface area contributed by atoms with Crippen LogP contribution in [0.15, 0.2) is 65.8 Å². The Kier molecular flexibility index (Phi) is 7.88. The molecule has 0 aliphatic rings. The Balaban J connectivity index is 1.64. The van der Waals surface area contributed by atoms with Crippen molar-refractivity contribution in [2.24, 2.45) is 5.10 Å². The molecule has 2 amide bonds. The summed E-state index contributed by atoms with van der Waals surface area (Å²) in [6, 6.07) is 16.5. The number of anilines is 1. The third-order valence-corrected chi connectivity index (χ3v) is 4.83. The summed E-state index contributed by atoms with van der Waals surface area (Å²) in [5.74, 6) is 0.369. The molecule has 0 heterocycles. The largest absolute Gasteiger partial charge is 0.493 e. The van der Waals surface area contributed by atoms with Crippen LogP contribution in [0.4, 0.5) is 5.69 Å². The minimum atomic E-state index is -0.386. The second-order valence-electron chi connectivity index (χ2n) is 6.70. The fraction of sp³-hybridized carbons (Fsp3) is 0.125. The van der Waals surface area contributed by atoms with Gasteiger partial charge in [-0.15, -0.1) is 0 Å². The summed E-state index contributed by atoms with van der Waals surface area (Å²) in [5, 5.41) is 7.32. The van der Waals surface area contributed by atoms with E-state index in [1.54, 1.807) is 60.7 Å². The number of nitrogens with zero attached hydrogens (tertiary/aromatic N) is 1. The molecule has 3 aromatic carbocycles. The molecule has 0 aliphatic heterocycles. The molecule has 0 aliphatic carbocycles. The lowest BCUT2D eigenvalue weighted by molar-refractivity contribution is 0.0954. The van der Waals surface area contributed by atoms with Gasteiger partial charge in [0.1, 0.15) is 0 Å². The summed E-state index contributed by atoms with van der Waals surface area (Å²) in [6.45, 7) is 0. The fourth-order valence-electron chi connectivity index (χ4n) is 2.90. The van der Waals surface area contributed by atoms with Crippen LogP contribution in [-0.2, 0) is 0 Å². The lowest BCUT2D eigenvalue weighted by Crippen LogP contribution is -2.18. The van der Waals surface area contributed by atoms with Crippen LogP contribution >= 0.6 is 11.6 Å². The topological polar surface area (TPSA) is 98.2 Å². The molecule has 3 aromatic rings. The fourth-order valence-corrected chi connectivity index (χ4v) is 3.03. The van der Waals surface area contributed by atoms with Gasteiger partial charge in [0.15, 0.2) is 11.5 Å². The number of hydrogen-bond acceptors (Lipinski definition) is 6. The van der Waals surface area contributed by atoms with Crippen molar-refractivity contribution in [2.75, 3.05) is 26.6 Å². The maximum atomic E-state index is 12.7. The average Bonchev–Trinajstić information content (AvgIpc) is 2.84. The maximum Gasteiger partial charge on any atom is 0.271 e. The molecule has 3 rings (SSSR count). The highest BCUT2D eigenvalue weighted by atomic mass is 35.5. The average molecular weight is 468 g/mol. The number of amides is 2. The van der Waals surface area contributed by atoms with Crippen LogP contribution in [0.3, 0.4) is 0 Å². The molecule has 0 saturated heterocycles. The molecule has 0 fully saturated rings. The van der Waals surface area contributed by atoms with Crippen LogP contribution in [0.25, 0.3) is 0 Å². The number of hydrazone groups is 1. The second kappa shape index (κ2) is 11.0. The zero-order valence-electron chi connectivity index (χ0n) is 18.2. The first kappa shape index (κ1) is 23.6. The number of methoxy groups -OCH3 is 3. The minimum Gasteiger partial charge on any atom is -0.493 e. The number of carbonyl (C=O) groups excluding carboxylic acids is 2. The molecule has 2 N–H and O–H groups in total. The zero-order chi connectivity index (χ0) is 23.8. The SMILES string of the molecule is COc1cc(C(=O)Nc2ccc(C(=O)N/N=C/c3ccc(Cl)cc3)cc2)cc(OC)c1OC. The third-order valence-electron chi connectivity index (χ3n) is 4.58. The minimum absolute atomic E-state index is 0.322. The Morgan fingerprint density at radius 2 is 1.42 bits per heavy atom. The number of hydrogen-bond donors (Lipinski definition) is 2. The van der Waals surface area contributed by atoms with E-state index < -0.39 is 0 Å². The van der Waals surface area contributed by atoms with Gasteiger partial charge in [-0.05, 0) is 54.1 Å². The van der Waals surface area contributed by atoms with Crippen molar-refractivity contribution < 1.29 is 23.8 Å². The lowest BCUT2D eigenvalue weighted by Gasteiger charge is -2.14. The van der Waals surface area contributed by atoms with Gasteiger partial charge in [-0.25, -0.2) is 5.43 Å². The van der Waals surface area contributed by atoms with Gasteiger partial charge in [0.05, 0.1) is 27.5 Å². The predicted molar refractivity (Wildman–Crippen MR) is 127 cm³/mol. The molecule has 0 bridgehead atoms. The summed E-state index contributed by atoms with van der Waals surface area (Å²) in [6.07, 6.45) is 1.51. The number of nitrogens with one attached hydrogen (secondary N) is 2. The molecule has 8 nitrogen and oxygen atoms in total. The first-order chi connectivity index (χ1) is 15.9. The van der Waals surface area contributed by atoms with E-state index in [0.717, 1.165) is 5.56 Å². The summed E-state index contributed by atoms with van der Waals surface area (Å²) in [4.78, 5) is 25.0. The molecule has 0 aromatic heterocycles. The van der Waals surface area contributed by atoms with E-state index in [4.69, 9.17) is 25.8 Å². The molecular formula is C24H22ClN3O5. The van der Waals surface area contributed by atoms with Crippen LogP contribution in [0.5, 0.6) is 17.2 Å². The van der Waals surface area contributed by atoms with Crippen LogP contribution in [0, 0.1) is 0 Å². The van der Waals surface area contributed by atoms with E-state index in [9.17, 15) is 9.59 Å². The zero-order valence-corrected chi connectivity index (χ0v) is 19.0. The number of ether oxygens (including phenoxy) is 3. The van der Waals surface area contributed by atoms with Crippen molar-refractivity contribution in [3.8, 4) is 17.2 Å². The summed E-state index contributed by atoms with van der Waals surface area (Å²) in [5.41, 5.74) is 4.47. The molecule has 170 valence electrons. The summed E-state index contributed by atoms with van der Waals surface area (Å²) < 4.78 is 15.8. The second-order valence-corrected chi connectivity index (χ2v) is 7.13. The van der Waals surface area contributed by atoms with Gasteiger partial charge < -0.3 is 19.5 Å². The molecule has 0 radical (unpaired) electrons. The molecule has 9 heteroatoms. The smallest absolute Gasteiger partial charge is 0.271 e. The first-order valence-corrected chi connectivity index (χ1v) is 10.1. The van der Waals surface area contributed by atoms with Gasteiger partial charge in [0, 0.05) is 21.8 Å². The van der Waals surface area contributed by atoms with Crippen molar-refractivity contribution >= 4 is 35.3 Å². The van der Waals surface area contributed by atoms with Gasteiger partial charge >= 0.3 is 0 Å². The number of halogens is 1. The Morgan fingerprint density at radius 3 is 1.97 bits per heavy atom. The normalized spacial score (nSPS) is 10.5. The number of rotatable bonds is 8. The quantitative estimate of drug-likeness (QED) is 0.378. The Labute approximate surface area is 196 Å². The highest BCUT2D eigenvalue weighted by Gasteiger charge is 2.17. The van der Waals surface area contributed by atoms with Crippen LogP contribution in [0.1, 0.15) is 26.3 Å². The Hall–Kier alpha value is -4.04. The van der Waals surface area contributed by atoms with Crippen LogP contribution in [0.2, 0.25) is 5.02 Å². The number of carbonyl (C=O) groups is 2. The Morgan fingerprint density at radius 1 is 0.818 bits per heavy atom. The van der Waals surface area contributed by atoms with Gasteiger partial charge in [0.25, 0.3) is 11.8 Å². The summed E-state index contributed by atoms with van der Waals surface area (Å²) in [7, 11) is 4.44. The van der Waals surface area contributed by atoms with Crippen molar-refractivity contribution in [2.45, 2.75) is 0 Å². The van der Waals surface area contributed by atoms with E-state index in [1.807, 2.05) is 0 Å². The Bertz CT molecular complexity index is 1140. The van der Waals surface area contributed by atoms with Crippen LogP contribution < -0.4 is 25.0 Å². The molecule has 0 spiro atoms. The van der Waals surface area contributed by atoms with Crippen molar-refractivity contribution in [3.05, 3.63) is 82.4 Å². The summed E-state index contributed by atoms with van der Waals surface area (Å²) >= 11 is 5.84. The number of benzene rings is 3. The monoisotopic (exact) mass is 467 g/mol. The molecule has 33 heavy (non-hydrogen) atoms. The van der Waals surface area contributed by atoms with Gasteiger partial charge in [-0.2, -0.15) is 5.10 Å². The third kappa shape index (κ3) is 6.02. The standard InChI is InChI=1S/C24H22ClN3O5/c1-31-20-12-17(13-21(32-2)22(20)33-3)23(29)27-19-10-6-16(7-11-19)24(30)28-26-14-15-4-8-18(25)9-5-15/h4-14H,1-3H3,(H,27,29)(H,28,30)/b26-14+. The van der Waals surface area contributed by atoms with E-state index in [1.165, 1.54) is 27.5 Å².